The van der Waals surface area contributed by atoms with Gasteiger partial charge in [-0.2, -0.15) is 0 Å². The van der Waals surface area contributed by atoms with Crippen LogP contribution in [0.3, 0.4) is 0 Å². The third-order valence-corrected chi connectivity index (χ3v) is 1.50. The van der Waals surface area contributed by atoms with E-state index in [0.717, 1.165) is 0 Å². The third-order valence-electron chi connectivity index (χ3n) is 1.50. The Morgan fingerprint density at radius 2 is 2.31 bits per heavy atom. The quantitative estimate of drug-likeness (QED) is 0.497. The summed E-state index contributed by atoms with van der Waals surface area (Å²) < 4.78 is 5.03. The van der Waals surface area contributed by atoms with Gasteiger partial charge in [0.05, 0.1) is 6.61 Å². The molecule has 0 aliphatic carbocycles. The first-order chi connectivity index (χ1) is 5.98. The van der Waals surface area contributed by atoms with Crippen molar-refractivity contribution in [2.24, 2.45) is 0 Å². The van der Waals surface area contributed by atoms with Crippen LogP contribution in [0.5, 0.6) is 0 Å². The van der Waals surface area contributed by atoms with Crippen molar-refractivity contribution >= 4 is 6.09 Å². The van der Waals surface area contributed by atoms with Gasteiger partial charge in [-0.15, -0.1) is 6.42 Å². The van der Waals surface area contributed by atoms with Gasteiger partial charge in [-0.25, -0.2) is 4.79 Å². The van der Waals surface area contributed by atoms with E-state index in [-0.39, 0.29) is 6.61 Å². The van der Waals surface area contributed by atoms with E-state index in [1.807, 2.05) is 0 Å². The first-order valence-electron chi connectivity index (χ1n) is 4.00. The van der Waals surface area contributed by atoms with Crippen molar-refractivity contribution < 1.29 is 14.6 Å². The maximum atomic E-state index is 10.3. The molecule has 0 rings (SSSR count). The third kappa shape index (κ3) is 7.16. The number of nitrogens with one attached hydrogen (secondary N) is 1. The molecule has 0 bridgehead atoms. The van der Waals surface area contributed by atoms with Crippen LogP contribution in [0.25, 0.3) is 0 Å². The predicted molar refractivity (Wildman–Crippen MR) is 49.5 cm³/mol. The lowest BCUT2D eigenvalue weighted by molar-refractivity contribution is 0.134. The van der Waals surface area contributed by atoms with Crippen LogP contribution in [0.15, 0.2) is 0 Å². The fourth-order valence-electron chi connectivity index (χ4n) is 0.810. The minimum absolute atomic E-state index is 0.267. The summed E-state index contributed by atoms with van der Waals surface area (Å²) in [4.78, 5) is 10.3. The van der Waals surface area contributed by atoms with Gasteiger partial charge in [0, 0.05) is 5.54 Å². The van der Waals surface area contributed by atoms with Crippen LogP contribution in [-0.2, 0) is 4.74 Å². The molecule has 1 amide bonds. The first-order valence-corrected chi connectivity index (χ1v) is 4.00. The fraction of sp³-hybridized carbons (Fsp3) is 0.667. The lowest BCUT2D eigenvalue weighted by atomic mass is 10.0. The summed E-state index contributed by atoms with van der Waals surface area (Å²) in [7, 11) is 0. The average Bonchev–Trinajstić information content (AvgIpc) is 1.95. The van der Waals surface area contributed by atoms with Crippen molar-refractivity contribution in [3.05, 3.63) is 0 Å². The maximum absolute atomic E-state index is 10.3. The molecule has 0 aliphatic rings. The normalized spacial score (nSPS) is 10.5. The van der Waals surface area contributed by atoms with Gasteiger partial charge >= 0.3 is 6.09 Å². The fourth-order valence-corrected chi connectivity index (χ4v) is 0.810. The van der Waals surface area contributed by atoms with Gasteiger partial charge < -0.3 is 15.2 Å². The summed E-state index contributed by atoms with van der Waals surface area (Å²) in [6.07, 6.45) is 4.55. The SMILES string of the molecule is C#CCOCCC(C)(C)NC(=O)O. The predicted octanol–water partition coefficient (Wildman–Crippen LogP) is 1.07. The molecule has 0 aromatic heterocycles. The Labute approximate surface area is 78.3 Å². The second-order valence-corrected chi connectivity index (χ2v) is 3.32. The lowest BCUT2D eigenvalue weighted by Gasteiger charge is -2.23. The largest absolute Gasteiger partial charge is 0.465 e. The maximum Gasteiger partial charge on any atom is 0.405 e. The Morgan fingerprint density at radius 3 is 2.77 bits per heavy atom. The van der Waals surface area contributed by atoms with Crippen molar-refractivity contribution in [1.82, 2.24) is 5.32 Å². The van der Waals surface area contributed by atoms with Crippen molar-refractivity contribution in [2.75, 3.05) is 13.2 Å². The van der Waals surface area contributed by atoms with E-state index in [1.165, 1.54) is 0 Å². The number of amides is 1. The van der Waals surface area contributed by atoms with E-state index in [4.69, 9.17) is 16.3 Å². The lowest BCUT2D eigenvalue weighted by Crippen LogP contribution is -2.43. The van der Waals surface area contributed by atoms with Crippen LogP contribution < -0.4 is 5.32 Å². The summed E-state index contributed by atoms with van der Waals surface area (Å²) in [5.74, 6) is 2.34. The highest BCUT2D eigenvalue weighted by Crippen LogP contribution is 2.07. The van der Waals surface area contributed by atoms with E-state index in [9.17, 15) is 4.79 Å². The van der Waals surface area contributed by atoms with Crippen LogP contribution in [0.4, 0.5) is 4.79 Å². The van der Waals surface area contributed by atoms with Gasteiger partial charge in [0.15, 0.2) is 0 Å². The molecular weight excluding hydrogens is 170 g/mol. The minimum Gasteiger partial charge on any atom is -0.465 e. The van der Waals surface area contributed by atoms with Crippen LogP contribution >= 0.6 is 0 Å². The average molecular weight is 185 g/mol. The number of carbonyl (C=O) groups is 1. The summed E-state index contributed by atoms with van der Waals surface area (Å²) in [6, 6.07) is 0. The zero-order valence-corrected chi connectivity index (χ0v) is 7.96. The second kappa shape index (κ2) is 5.44. The zero-order chi connectivity index (χ0) is 10.3. The molecule has 4 heteroatoms. The number of terminal acetylenes is 1. The Balaban J connectivity index is 3.64. The highest BCUT2D eigenvalue weighted by molar-refractivity contribution is 5.65. The summed E-state index contributed by atoms with van der Waals surface area (Å²) in [5.41, 5.74) is -0.472. The smallest absolute Gasteiger partial charge is 0.405 e. The van der Waals surface area contributed by atoms with E-state index in [0.29, 0.717) is 13.0 Å². The molecule has 0 unspecified atom stereocenters. The number of hydrogen-bond acceptors (Lipinski definition) is 2. The molecule has 0 saturated heterocycles. The minimum atomic E-state index is -1.03. The highest BCUT2D eigenvalue weighted by atomic mass is 16.5. The van der Waals surface area contributed by atoms with Gasteiger partial charge in [-0.3, -0.25) is 0 Å². The molecule has 4 nitrogen and oxygen atoms in total. The van der Waals surface area contributed by atoms with Gasteiger partial charge in [0.2, 0.25) is 0 Å². The summed E-state index contributed by atoms with van der Waals surface area (Å²) in [5, 5.41) is 10.8. The van der Waals surface area contributed by atoms with Gasteiger partial charge in [-0.05, 0) is 20.3 Å². The van der Waals surface area contributed by atoms with Crippen molar-refractivity contribution in [2.45, 2.75) is 25.8 Å². The van der Waals surface area contributed by atoms with E-state index in [2.05, 4.69) is 11.2 Å². The first kappa shape index (κ1) is 11.8. The second-order valence-electron chi connectivity index (χ2n) is 3.32. The highest BCUT2D eigenvalue weighted by Gasteiger charge is 2.19. The molecule has 0 fully saturated rings. The molecule has 0 spiro atoms. The molecule has 0 aliphatic heterocycles. The molecule has 2 N–H and O–H groups in total. The van der Waals surface area contributed by atoms with Crippen LogP contribution in [0, 0.1) is 12.3 Å². The molecule has 13 heavy (non-hydrogen) atoms. The van der Waals surface area contributed by atoms with Crippen molar-refractivity contribution in [1.29, 1.82) is 0 Å². The summed E-state index contributed by atoms with van der Waals surface area (Å²) in [6.45, 7) is 4.31. The van der Waals surface area contributed by atoms with Crippen molar-refractivity contribution in [3.63, 3.8) is 0 Å². The molecule has 0 aromatic rings. The van der Waals surface area contributed by atoms with Crippen LogP contribution in [0.1, 0.15) is 20.3 Å². The zero-order valence-electron chi connectivity index (χ0n) is 7.96. The molecular formula is C9H15NO3. The number of hydrogen-bond donors (Lipinski definition) is 2. The molecule has 74 valence electrons. The van der Waals surface area contributed by atoms with Crippen LogP contribution in [0.2, 0.25) is 0 Å². The molecule has 0 atom stereocenters. The Morgan fingerprint density at radius 1 is 1.69 bits per heavy atom. The molecule has 0 heterocycles. The monoisotopic (exact) mass is 185 g/mol. The Bertz CT molecular complexity index is 205. The van der Waals surface area contributed by atoms with Gasteiger partial charge in [-0.1, -0.05) is 5.92 Å². The topological polar surface area (TPSA) is 58.6 Å². The standard InChI is InChI=1S/C9H15NO3/c1-4-6-13-7-5-9(2,3)10-8(11)12/h1,10H,5-7H2,2-3H3,(H,11,12). The van der Waals surface area contributed by atoms with E-state index < -0.39 is 11.6 Å². The van der Waals surface area contributed by atoms with Crippen LogP contribution in [-0.4, -0.2) is 30.0 Å². The number of ether oxygens (including phenoxy) is 1. The number of rotatable bonds is 5. The molecule has 0 saturated carbocycles. The van der Waals surface area contributed by atoms with E-state index in [1.54, 1.807) is 13.8 Å². The molecule has 0 aromatic carbocycles. The Kier molecular flexibility index (Phi) is 4.93. The summed E-state index contributed by atoms with van der Waals surface area (Å²) >= 11 is 0. The van der Waals surface area contributed by atoms with Crippen molar-refractivity contribution in [3.8, 4) is 12.3 Å². The Hall–Kier alpha value is -1.21. The van der Waals surface area contributed by atoms with Gasteiger partial charge in [0.1, 0.15) is 6.61 Å². The van der Waals surface area contributed by atoms with Gasteiger partial charge in [0.25, 0.3) is 0 Å². The number of carboxylic acid groups (broad SMARTS) is 1. The van der Waals surface area contributed by atoms with E-state index >= 15 is 0 Å². The molecule has 0 radical (unpaired) electrons.